The summed E-state index contributed by atoms with van der Waals surface area (Å²) in [4.78, 5) is 0. The van der Waals surface area contributed by atoms with Crippen LogP contribution in [-0.2, 0) is 0 Å². The lowest BCUT2D eigenvalue weighted by Crippen LogP contribution is -2.08. The van der Waals surface area contributed by atoms with E-state index in [1.54, 1.807) is 0 Å². The zero-order valence-corrected chi connectivity index (χ0v) is 8.37. The lowest BCUT2D eigenvalue weighted by Gasteiger charge is -2.13. The summed E-state index contributed by atoms with van der Waals surface area (Å²) in [5.41, 5.74) is 1.28. The van der Waals surface area contributed by atoms with Crippen molar-refractivity contribution >= 4 is 0 Å². The minimum absolute atomic E-state index is 0.677. The van der Waals surface area contributed by atoms with Gasteiger partial charge < -0.3 is 0 Å². The predicted octanol–water partition coefficient (Wildman–Crippen LogP) is 3.09. The highest BCUT2D eigenvalue weighted by Gasteiger charge is 2.13. The molecule has 0 bridgehead atoms. The van der Waals surface area contributed by atoms with Gasteiger partial charge in [-0.25, -0.2) is 0 Å². The normalized spacial score (nSPS) is 20.1. The number of hydrogen-bond donors (Lipinski definition) is 0. The molecule has 2 heteroatoms. The number of hydrogen-bond acceptors (Lipinski definition) is 1. The van der Waals surface area contributed by atoms with Gasteiger partial charge in [-0.15, -0.1) is 0 Å². The number of aromatic nitrogens is 2. The highest BCUT2D eigenvalue weighted by Crippen LogP contribution is 2.26. The van der Waals surface area contributed by atoms with E-state index in [1.165, 1.54) is 44.1 Å². The first-order valence-electron chi connectivity index (χ1n) is 5.37. The first-order chi connectivity index (χ1) is 6.36. The Morgan fingerprint density at radius 3 is 2.46 bits per heavy atom. The van der Waals surface area contributed by atoms with Crippen LogP contribution in [0.3, 0.4) is 0 Å². The maximum atomic E-state index is 4.40. The van der Waals surface area contributed by atoms with Crippen LogP contribution < -0.4 is 0 Å². The quantitative estimate of drug-likeness (QED) is 0.604. The van der Waals surface area contributed by atoms with Crippen molar-refractivity contribution in [2.24, 2.45) is 0 Å². The molecule has 2 rings (SSSR count). The van der Waals surface area contributed by atoms with Crippen LogP contribution in [0, 0.1) is 6.92 Å². The topological polar surface area (TPSA) is 17.8 Å². The molecule has 0 saturated heterocycles. The minimum atomic E-state index is 0.677. The van der Waals surface area contributed by atoms with Crippen LogP contribution in [0.15, 0.2) is 12.4 Å². The average Bonchev–Trinajstić information content (AvgIpc) is 2.43. The Labute approximate surface area is 80.0 Å². The Bertz CT molecular complexity index is 257. The summed E-state index contributed by atoms with van der Waals surface area (Å²) in [6, 6.07) is 0.677. The molecule has 1 heterocycles. The summed E-state index contributed by atoms with van der Waals surface area (Å²) in [6.45, 7) is 2.11. The smallest absolute Gasteiger partial charge is 0.0519 e. The van der Waals surface area contributed by atoms with Gasteiger partial charge in [0, 0.05) is 6.20 Å². The second-order valence-electron chi connectivity index (χ2n) is 4.14. The molecule has 1 aliphatic rings. The standard InChI is InChI=1S/C11H18N2/c1-10-8-12-13(9-10)11-6-4-2-3-5-7-11/h8-9,11H,2-7H2,1H3. The highest BCUT2D eigenvalue weighted by atomic mass is 15.3. The predicted molar refractivity (Wildman–Crippen MR) is 53.7 cm³/mol. The summed E-state index contributed by atoms with van der Waals surface area (Å²) >= 11 is 0. The van der Waals surface area contributed by atoms with E-state index in [0.29, 0.717) is 6.04 Å². The van der Waals surface area contributed by atoms with E-state index in [2.05, 4.69) is 22.9 Å². The van der Waals surface area contributed by atoms with Crippen LogP contribution in [0.25, 0.3) is 0 Å². The molecule has 0 aromatic carbocycles. The molecule has 0 unspecified atom stereocenters. The Kier molecular flexibility index (Phi) is 2.67. The second-order valence-corrected chi connectivity index (χ2v) is 4.14. The van der Waals surface area contributed by atoms with Crippen molar-refractivity contribution in [1.29, 1.82) is 0 Å². The van der Waals surface area contributed by atoms with Crippen molar-refractivity contribution in [3.05, 3.63) is 18.0 Å². The molecule has 0 amide bonds. The molecule has 1 saturated carbocycles. The van der Waals surface area contributed by atoms with E-state index in [9.17, 15) is 0 Å². The molecule has 0 aliphatic heterocycles. The van der Waals surface area contributed by atoms with E-state index >= 15 is 0 Å². The van der Waals surface area contributed by atoms with Crippen molar-refractivity contribution in [2.75, 3.05) is 0 Å². The van der Waals surface area contributed by atoms with Crippen molar-refractivity contribution < 1.29 is 0 Å². The van der Waals surface area contributed by atoms with Gasteiger partial charge in [-0.2, -0.15) is 5.10 Å². The second kappa shape index (κ2) is 3.95. The van der Waals surface area contributed by atoms with Crippen LogP contribution in [0.4, 0.5) is 0 Å². The fourth-order valence-corrected chi connectivity index (χ4v) is 2.16. The van der Waals surface area contributed by atoms with Gasteiger partial charge in [-0.3, -0.25) is 4.68 Å². The van der Waals surface area contributed by atoms with Crippen LogP contribution in [0.5, 0.6) is 0 Å². The average molecular weight is 178 g/mol. The molecule has 72 valence electrons. The molecule has 0 radical (unpaired) electrons. The van der Waals surface area contributed by atoms with E-state index in [4.69, 9.17) is 0 Å². The summed E-state index contributed by atoms with van der Waals surface area (Å²) in [7, 11) is 0. The third-order valence-corrected chi connectivity index (χ3v) is 2.93. The molecule has 2 nitrogen and oxygen atoms in total. The van der Waals surface area contributed by atoms with E-state index in [1.807, 2.05) is 6.20 Å². The van der Waals surface area contributed by atoms with E-state index in [-0.39, 0.29) is 0 Å². The molecular weight excluding hydrogens is 160 g/mol. The zero-order chi connectivity index (χ0) is 9.10. The lowest BCUT2D eigenvalue weighted by atomic mass is 10.1. The lowest BCUT2D eigenvalue weighted by molar-refractivity contribution is 0.405. The molecule has 13 heavy (non-hydrogen) atoms. The monoisotopic (exact) mass is 178 g/mol. The van der Waals surface area contributed by atoms with Crippen molar-refractivity contribution in [2.45, 2.75) is 51.5 Å². The Morgan fingerprint density at radius 2 is 1.92 bits per heavy atom. The third-order valence-electron chi connectivity index (χ3n) is 2.93. The minimum Gasteiger partial charge on any atom is -0.269 e. The van der Waals surface area contributed by atoms with Gasteiger partial charge in [0.25, 0.3) is 0 Å². The van der Waals surface area contributed by atoms with Gasteiger partial charge in [0.15, 0.2) is 0 Å². The fourth-order valence-electron chi connectivity index (χ4n) is 2.16. The van der Waals surface area contributed by atoms with Gasteiger partial charge in [0.1, 0.15) is 0 Å². The van der Waals surface area contributed by atoms with E-state index in [0.717, 1.165) is 0 Å². The summed E-state index contributed by atoms with van der Waals surface area (Å²) in [5, 5.41) is 4.40. The fraction of sp³-hybridized carbons (Fsp3) is 0.727. The number of aryl methyl sites for hydroxylation is 1. The van der Waals surface area contributed by atoms with Gasteiger partial charge in [0.2, 0.25) is 0 Å². The summed E-state index contributed by atoms with van der Waals surface area (Å²) < 4.78 is 2.17. The first-order valence-corrected chi connectivity index (χ1v) is 5.37. The maximum absolute atomic E-state index is 4.40. The molecular formula is C11H18N2. The van der Waals surface area contributed by atoms with Gasteiger partial charge in [-0.05, 0) is 25.3 Å². The summed E-state index contributed by atoms with van der Waals surface area (Å²) in [6.07, 6.45) is 12.4. The molecule has 0 atom stereocenters. The molecule has 0 spiro atoms. The van der Waals surface area contributed by atoms with E-state index < -0.39 is 0 Å². The first kappa shape index (κ1) is 8.79. The van der Waals surface area contributed by atoms with Crippen molar-refractivity contribution in [1.82, 2.24) is 9.78 Å². The van der Waals surface area contributed by atoms with Crippen molar-refractivity contribution in [3.63, 3.8) is 0 Å². The van der Waals surface area contributed by atoms with Crippen molar-refractivity contribution in [3.8, 4) is 0 Å². The summed E-state index contributed by atoms with van der Waals surface area (Å²) in [5.74, 6) is 0. The number of rotatable bonds is 1. The Hall–Kier alpha value is -0.790. The molecule has 1 aliphatic carbocycles. The van der Waals surface area contributed by atoms with Crippen LogP contribution >= 0.6 is 0 Å². The zero-order valence-electron chi connectivity index (χ0n) is 8.37. The molecule has 1 aromatic rings. The maximum Gasteiger partial charge on any atom is 0.0519 e. The third kappa shape index (κ3) is 2.11. The van der Waals surface area contributed by atoms with Crippen LogP contribution in [-0.4, -0.2) is 9.78 Å². The SMILES string of the molecule is Cc1cnn(C2CCCCCC2)c1. The molecule has 1 fully saturated rings. The number of nitrogens with zero attached hydrogens (tertiary/aromatic N) is 2. The van der Waals surface area contributed by atoms with Crippen LogP contribution in [0.2, 0.25) is 0 Å². The van der Waals surface area contributed by atoms with Crippen LogP contribution in [0.1, 0.15) is 50.1 Å². The van der Waals surface area contributed by atoms with Gasteiger partial charge in [-0.1, -0.05) is 25.7 Å². The Balaban J connectivity index is 2.06. The molecule has 0 N–H and O–H groups in total. The highest BCUT2D eigenvalue weighted by molar-refractivity contribution is 5.00. The van der Waals surface area contributed by atoms with Gasteiger partial charge in [0.05, 0.1) is 12.2 Å². The Morgan fingerprint density at radius 1 is 1.23 bits per heavy atom. The molecule has 1 aromatic heterocycles. The van der Waals surface area contributed by atoms with Gasteiger partial charge >= 0.3 is 0 Å². The largest absolute Gasteiger partial charge is 0.269 e.